The summed E-state index contributed by atoms with van der Waals surface area (Å²) in [6.07, 6.45) is 2.27. The number of nitrogens with one attached hydrogen (secondary N) is 2. The van der Waals surface area contributed by atoms with Gasteiger partial charge in [-0.05, 0) is 98.4 Å². The van der Waals surface area contributed by atoms with Gasteiger partial charge in [0, 0.05) is 38.1 Å². The number of esters is 1. The molecule has 2 saturated heterocycles. The molecule has 328 valence electrons. The first-order valence-corrected chi connectivity index (χ1v) is 20.0. The van der Waals surface area contributed by atoms with Crippen LogP contribution in [0.15, 0.2) is 48.5 Å². The molecule has 0 unspecified atom stereocenters. The van der Waals surface area contributed by atoms with Crippen molar-refractivity contribution in [1.82, 2.24) is 29.7 Å². The van der Waals surface area contributed by atoms with Crippen LogP contribution < -0.4 is 18.9 Å². The Labute approximate surface area is 372 Å². The van der Waals surface area contributed by atoms with Crippen molar-refractivity contribution in [2.24, 2.45) is 0 Å². The molecule has 0 spiro atoms. The van der Waals surface area contributed by atoms with Gasteiger partial charge in [0.2, 0.25) is 0 Å². The van der Waals surface area contributed by atoms with Gasteiger partial charge in [0.25, 0.3) is 0 Å². The first-order chi connectivity index (χ1) is 28.2. The molecule has 0 saturated carbocycles. The smallest absolute Gasteiger partial charge is 0.870 e. The van der Waals surface area contributed by atoms with Crippen molar-refractivity contribution in [3.63, 3.8) is 0 Å². The normalized spacial score (nSPS) is 16.0. The Bertz CT molecular complexity index is 2240. The number of hydrogen-bond donors (Lipinski definition) is 3. The van der Waals surface area contributed by atoms with Crippen molar-refractivity contribution in [2.75, 3.05) is 19.7 Å². The average Bonchev–Trinajstić information content (AvgIpc) is 3.99. The molecule has 62 heavy (non-hydrogen) atoms. The second-order valence-electron chi connectivity index (χ2n) is 16.6. The maximum Gasteiger partial charge on any atom is 1.00 e. The van der Waals surface area contributed by atoms with E-state index in [-0.39, 0.29) is 53.6 Å². The quantitative estimate of drug-likeness (QED) is 0.0827. The van der Waals surface area contributed by atoms with E-state index in [9.17, 15) is 28.8 Å². The molecule has 2 aliphatic heterocycles. The number of aromatic nitrogens is 4. The van der Waals surface area contributed by atoms with E-state index in [4.69, 9.17) is 19.3 Å². The second-order valence-corrected chi connectivity index (χ2v) is 16.6. The van der Waals surface area contributed by atoms with Gasteiger partial charge in [0.15, 0.2) is 11.6 Å². The van der Waals surface area contributed by atoms with Crippen LogP contribution in [0, 0.1) is 0 Å². The number of benzene rings is 2. The number of ketones is 2. The van der Waals surface area contributed by atoms with Crippen molar-refractivity contribution < 1.29 is 72.4 Å². The molecule has 2 amide bonds. The Hall–Kier alpha value is -5.76. The standard InChI is InChI=1S/C23H29N3O5.C21H25N3O5.Li.H2O/c1-6-30-21(28)16-11-9-15(10-12-16)19-18(14(2)27)24-20(25-19)17-8-7-13-26(17)22(29)31-23(3,4)5;1-12(25)16-17(13-7-9-14(10-8-13)19(26)27)23-18(22-16)15-6-5-11-24(15)20(28)29-21(2,3)4;;/h9-12,17H,6-8,13H2,1-5H3,(H,24,25);7-10,15H,5-6,11H2,1-4H3,(H,22,23)(H,26,27);;1H2/q;;+1;/p-1/t17-;15-;;/m00../s1. The summed E-state index contributed by atoms with van der Waals surface area (Å²) < 4.78 is 16.0. The molecule has 0 bridgehead atoms. The van der Waals surface area contributed by atoms with Gasteiger partial charge in [0.05, 0.1) is 41.2 Å². The van der Waals surface area contributed by atoms with E-state index in [1.54, 1.807) is 53.1 Å². The van der Waals surface area contributed by atoms with Crippen LogP contribution in [0.5, 0.6) is 0 Å². The molecule has 6 rings (SSSR count). The van der Waals surface area contributed by atoms with Crippen molar-refractivity contribution >= 4 is 35.7 Å². The van der Waals surface area contributed by atoms with Crippen molar-refractivity contribution in [1.29, 1.82) is 0 Å². The predicted octanol–water partition coefficient (Wildman–Crippen LogP) is 5.40. The maximum absolute atomic E-state index is 12.6. The molecule has 18 heteroatoms. The number of Topliss-reactive ketones (excluding diaryl/α,β-unsaturated/α-hetero) is 2. The Kier molecular flexibility index (Phi) is 17.0. The summed E-state index contributed by atoms with van der Waals surface area (Å²) in [5.41, 5.74) is 2.35. The number of carbonyl (C=O) groups excluding carboxylic acids is 5. The molecule has 0 radical (unpaired) electrons. The predicted molar refractivity (Wildman–Crippen MR) is 223 cm³/mol. The summed E-state index contributed by atoms with van der Waals surface area (Å²) in [6, 6.07) is 12.3. The van der Waals surface area contributed by atoms with Crippen LogP contribution in [0.3, 0.4) is 0 Å². The van der Waals surface area contributed by atoms with E-state index in [2.05, 4.69) is 19.9 Å². The van der Waals surface area contributed by atoms with E-state index in [1.165, 1.54) is 26.0 Å². The van der Waals surface area contributed by atoms with Crippen molar-refractivity contribution in [3.05, 3.63) is 82.7 Å². The van der Waals surface area contributed by atoms with Gasteiger partial charge >= 0.3 is 43.0 Å². The zero-order chi connectivity index (χ0) is 44.1. The van der Waals surface area contributed by atoms with Crippen LogP contribution in [0.4, 0.5) is 9.59 Å². The molecule has 2 atom stereocenters. The molecule has 2 aromatic heterocycles. The number of carboxylic acids is 1. The summed E-state index contributed by atoms with van der Waals surface area (Å²) in [4.78, 5) is 91.4. The number of ether oxygens (including phenoxy) is 3. The third-order valence-electron chi connectivity index (χ3n) is 9.62. The topological polar surface area (TPSA) is 244 Å². The summed E-state index contributed by atoms with van der Waals surface area (Å²) in [6.45, 7) is 17.0. The molecule has 4 aromatic rings. The monoisotopic (exact) mass is 850 g/mol. The largest absolute Gasteiger partial charge is 1.00 e. The van der Waals surface area contributed by atoms with Crippen LogP contribution in [0.2, 0.25) is 0 Å². The van der Waals surface area contributed by atoms with Gasteiger partial charge in [-0.15, -0.1) is 0 Å². The van der Waals surface area contributed by atoms with E-state index >= 15 is 0 Å². The number of nitrogens with zero attached hydrogens (tertiary/aromatic N) is 4. The third kappa shape index (κ3) is 12.4. The minimum Gasteiger partial charge on any atom is -0.870 e. The van der Waals surface area contributed by atoms with Gasteiger partial charge in [0.1, 0.15) is 34.2 Å². The van der Waals surface area contributed by atoms with Crippen molar-refractivity contribution in [2.45, 2.75) is 111 Å². The minimum absolute atomic E-state index is 0. The Morgan fingerprint density at radius 3 is 1.37 bits per heavy atom. The number of likely N-dealkylation sites (tertiary alicyclic amines) is 2. The molecule has 17 nitrogen and oxygen atoms in total. The van der Waals surface area contributed by atoms with E-state index in [0.717, 1.165) is 19.3 Å². The third-order valence-corrected chi connectivity index (χ3v) is 9.62. The molecular weight excluding hydrogens is 795 g/mol. The number of carboxylic acid groups (broad SMARTS) is 1. The number of H-pyrrole nitrogens is 2. The first-order valence-electron chi connectivity index (χ1n) is 20.0. The fraction of sp³-hybridized carbons (Fsp3) is 0.455. The van der Waals surface area contributed by atoms with Crippen LogP contribution >= 0.6 is 0 Å². The number of aromatic carboxylic acids is 1. The van der Waals surface area contributed by atoms with Crippen LogP contribution in [0.1, 0.15) is 153 Å². The summed E-state index contributed by atoms with van der Waals surface area (Å²) in [5, 5.41) is 9.07. The zero-order valence-electron chi connectivity index (χ0n) is 37.1. The Morgan fingerprint density at radius 1 is 0.677 bits per heavy atom. The molecular formula is C44H55LiN6O11. The van der Waals surface area contributed by atoms with E-state index in [0.29, 0.717) is 77.2 Å². The molecule has 2 fully saturated rings. The Morgan fingerprint density at radius 2 is 1.05 bits per heavy atom. The number of aromatic amines is 2. The maximum atomic E-state index is 12.6. The molecule has 4 heterocycles. The molecule has 2 aliphatic rings. The summed E-state index contributed by atoms with van der Waals surface area (Å²) >= 11 is 0. The fourth-order valence-corrected chi connectivity index (χ4v) is 6.96. The van der Waals surface area contributed by atoms with Gasteiger partial charge in [-0.3, -0.25) is 19.4 Å². The Balaban J connectivity index is 0.000000321. The summed E-state index contributed by atoms with van der Waals surface area (Å²) in [5.74, 6) is -0.700. The van der Waals surface area contributed by atoms with Crippen LogP contribution in [0.25, 0.3) is 22.5 Å². The summed E-state index contributed by atoms with van der Waals surface area (Å²) in [7, 11) is 0. The number of hydrogen-bond acceptors (Lipinski definition) is 12. The number of carbonyl (C=O) groups is 6. The first kappa shape index (κ1) is 50.6. The zero-order valence-corrected chi connectivity index (χ0v) is 37.1. The molecule has 2 aromatic carbocycles. The number of rotatable bonds is 9. The minimum atomic E-state index is -1.02. The molecule has 0 aliphatic carbocycles. The van der Waals surface area contributed by atoms with E-state index < -0.39 is 35.3 Å². The van der Waals surface area contributed by atoms with Gasteiger partial charge in [-0.1, -0.05) is 24.3 Å². The van der Waals surface area contributed by atoms with Gasteiger partial charge < -0.3 is 34.8 Å². The number of imidazole rings is 2. The fourth-order valence-electron chi connectivity index (χ4n) is 6.96. The van der Waals surface area contributed by atoms with Crippen molar-refractivity contribution in [3.8, 4) is 22.5 Å². The SMILES string of the molecule is CC(=O)c1[nH]c([C@@H]2CCCN2C(=O)OC(C)(C)C)nc1-c1ccc(C(=O)O)cc1.CCOC(=O)c1ccc(-c2nc([C@@H]3CCCN3C(=O)OC(C)(C)C)[nH]c2C(C)=O)cc1.[Li+].[OH-]. The number of amides is 2. The van der Waals surface area contributed by atoms with Gasteiger partial charge in [-0.25, -0.2) is 29.1 Å². The van der Waals surface area contributed by atoms with Crippen LogP contribution in [-0.2, 0) is 14.2 Å². The van der Waals surface area contributed by atoms with Crippen LogP contribution in [-0.4, -0.2) is 107 Å². The van der Waals surface area contributed by atoms with Gasteiger partial charge in [-0.2, -0.15) is 0 Å². The second kappa shape index (κ2) is 20.9. The van der Waals surface area contributed by atoms with E-state index in [1.807, 2.05) is 41.5 Å². The molecule has 4 N–H and O–H groups in total. The average molecular weight is 851 g/mol.